The van der Waals surface area contributed by atoms with Crippen LogP contribution in [0.2, 0.25) is 10.0 Å². The maximum Gasteiger partial charge on any atom is 0.313 e. The highest BCUT2D eigenvalue weighted by Crippen LogP contribution is 2.25. The number of rotatable bonds is 2. The number of anilines is 1. The van der Waals surface area contributed by atoms with Gasteiger partial charge in [-0.05, 0) is 37.0 Å². The minimum atomic E-state index is -0.716. The molecule has 2 rings (SSSR count). The SMILES string of the molecule is O=C(Nc1ccc(Cl)c(Cl)c1)C(=O)N1CCCC(CO)C1. The summed E-state index contributed by atoms with van der Waals surface area (Å²) in [4.78, 5) is 25.5. The highest BCUT2D eigenvalue weighted by Gasteiger charge is 2.27. The van der Waals surface area contributed by atoms with E-state index in [1.165, 1.54) is 11.0 Å². The van der Waals surface area contributed by atoms with Gasteiger partial charge in [-0.1, -0.05) is 23.2 Å². The summed E-state index contributed by atoms with van der Waals surface area (Å²) in [6.45, 7) is 0.965. The standard InChI is InChI=1S/C14H16Cl2N2O3/c15-11-4-3-10(6-12(11)16)17-13(20)14(21)18-5-1-2-9(7-18)8-19/h3-4,6,9,19H,1-2,5,7-8H2,(H,17,20). The summed E-state index contributed by atoms with van der Waals surface area (Å²) in [6.07, 6.45) is 1.66. The van der Waals surface area contributed by atoms with Crippen LogP contribution in [0.1, 0.15) is 12.8 Å². The second kappa shape index (κ2) is 7.11. The first-order chi connectivity index (χ1) is 10.0. The average molecular weight is 331 g/mol. The summed E-state index contributed by atoms with van der Waals surface area (Å²) in [5.41, 5.74) is 0.415. The van der Waals surface area contributed by atoms with Crippen LogP contribution in [0.3, 0.4) is 0 Å². The predicted molar refractivity (Wildman–Crippen MR) is 81.5 cm³/mol. The molecule has 1 aliphatic rings. The van der Waals surface area contributed by atoms with Gasteiger partial charge in [-0.25, -0.2) is 0 Å². The van der Waals surface area contributed by atoms with Crippen LogP contribution in [0.25, 0.3) is 0 Å². The van der Waals surface area contributed by atoms with E-state index in [0.29, 0.717) is 28.8 Å². The molecule has 1 unspecified atom stereocenters. The lowest BCUT2D eigenvalue weighted by molar-refractivity contribution is -0.144. The van der Waals surface area contributed by atoms with Crippen molar-refractivity contribution in [3.63, 3.8) is 0 Å². The van der Waals surface area contributed by atoms with Crippen molar-refractivity contribution in [1.82, 2.24) is 4.90 Å². The number of hydrogen-bond donors (Lipinski definition) is 2. The van der Waals surface area contributed by atoms with E-state index in [1.807, 2.05) is 0 Å². The van der Waals surface area contributed by atoms with Crippen molar-refractivity contribution >= 4 is 40.7 Å². The van der Waals surface area contributed by atoms with Crippen LogP contribution >= 0.6 is 23.2 Å². The number of hydrogen-bond acceptors (Lipinski definition) is 3. The fourth-order valence-electron chi connectivity index (χ4n) is 2.30. The molecule has 1 atom stereocenters. The molecule has 2 N–H and O–H groups in total. The van der Waals surface area contributed by atoms with Gasteiger partial charge in [-0.3, -0.25) is 9.59 Å². The number of piperidine rings is 1. The van der Waals surface area contributed by atoms with Gasteiger partial charge in [-0.2, -0.15) is 0 Å². The Bertz CT molecular complexity index is 551. The van der Waals surface area contributed by atoms with E-state index in [9.17, 15) is 9.59 Å². The normalized spacial score (nSPS) is 18.4. The molecule has 114 valence electrons. The molecule has 21 heavy (non-hydrogen) atoms. The van der Waals surface area contributed by atoms with E-state index in [0.717, 1.165) is 12.8 Å². The van der Waals surface area contributed by atoms with Crippen molar-refractivity contribution in [3.8, 4) is 0 Å². The third-order valence-corrected chi connectivity index (χ3v) is 4.18. The van der Waals surface area contributed by atoms with Crippen molar-refractivity contribution in [2.24, 2.45) is 5.92 Å². The largest absolute Gasteiger partial charge is 0.396 e. The summed E-state index contributed by atoms with van der Waals surface area (Å²) in [5, 5.41) is 12.3. The zero-order valence-corrected chi connectivity index (χ0v) is 12.8. The number of likely N-dealkylation sites (tertiary alicyclic amines) is 1. The lowest BCUT2D eigenvalue weighted by atomic mass is 9.99. The Balaban J connectivity index is 1.99. The first kappa shape index (κ1) is 16.1. The third kappa shape index (κ3) is 4.09. The van der Waals surface area contributed by atoms with Crippen LogP contribution in [-0.4, -0.2) is 41.5 Å². The van der Waals surface area contributed by atoms with Crippen molar-refractivity contribution in [2.75, 3.05) is 25.0 Å². The van der Waals surface area contributed by atoms with E-state index in [1.54, 1.807) is 12.1 Å². The molecule has 1 heterocycles. The zero-order chi connectivity index (χ0) is 15.4. The lowest BCUT2D eigenvalue weighted by Crippen LogP contribution is -2.45. The van der Waals surface area contributed by atoms with Gasteiger partial charge in [0, 0.05) is 25.4 Å². The van der Waals surface area contributed by atoms with E-state index >= 15 is 0 Å². The third-order valence-electron chi connectivity index (χ3n) is 3.44. The first-order valence-electron chi connectivity index (χ1n) is 6.67. The molecule has 1 aromatic rings. The molecular weight excluding hydrogens is 315 g/mol. The van der Waals surface area contributed by atoms with Gasteiger partial charge in [0.2, 0.25) is 0 Å². The number of aliphatic hydroxyl groups excluding tert-OH is 1. The van der Waals surface area contributed by atoms with Crippen molar-refractivity contribution in [1.29, 1.82) is 0 Å². The van der Waals surface area contributed by atoms with Gasteiger partial charge in [0.15, 0.2) is 0 Å². The molecule has 0 saturated carbocycles. The summed E-state index contributed by atoms with van der Waals surface area (Å²) in [6, 6.07) is 4.61. The smallest absolute Gasteiger partial charge is 0.313 e. The number of amides is 2. The number of benzene rings is 1. The van der Waals surface area contributed by atoms with Crippen LogP contribution in [0, 0.1) is 5.92 Å². The quantitative estimate of drug-likeness (QED) is 0.816. The maximum atomic E-state index is 12.1. The summed E-state index contributed by atoms with van der Waals surface area (Å²) in [5.74, 6) is -1.27. The molecule has 0 aromatic heterocycles. The Labute approximate surface area is 132 Å². The van der Waals surface area contributed by atoms with Crippen LogP contribution in [-0.2, 0) is 9.59 Å². The molecule has 5 nitrogen and oxygen atoms in total. The van der Waals surface area contributed by atoms with Gasteiger partial charge >= 0.3 is 11.8 Å². The molecule has 2 amide bonds. The Kier molecular flexibility index (Phi) is 5.45. The number of carbonyl (C=O) groups is 2. The summed E-state index contributed by atoms with van der Waals surface area (Å²) < 4.78 is 0. The summed E-state index contributed by atoms with van der Waals surface area (Å²) >= 11 is 11.6. The number of nitrogens with zero attached hydrogens (tertiary/aromatic N) is 1. The van der Waals surface area contributed by atoms with Gasteiger partial charge in [0.25, 0.3) is 0 Å². The minimum Gasteiger partial charge on any atom is -0.396 e. The fraction of sp³-hybridized carbons (Fsp3) is 0.429. The zero-order valence-electron chi connectivity index (χ0n) is 11.3. The molecule has 1 aromatic carbocycles. The molecule has 0 radical (unpaired) electrons. The van der Waals surface area contributed by atoms with Crippen LogP contribution in [0.5, 0.6) is 0 Å². The number of halogens is 2. The lowest BCUT2D eigenvalue weighted by Gasteiger charge is -2.31. The Hall–Kier alpha value is -1.30. The highest BCUT2D eigenvalue weighted by atomic mass is 35.5. The maximum absolute atomic E-state index is 12.1. The van der Waals surface area contributed by atoms with E-state index in [-0.39, 0.29) is 12.5 Å². The predicted octanol–water partition coefficient (Wildman–Crippen LogP) is 2.16. The van der Waals surface area contributed by atoms with Crippen molar-refractivity contribution < 1.29 is 14.7 Å². The van der Waals surface area contributed by atoms with Gasteiger partial charge in [0.05, 0.1) is 10.0 Å². The first-order valence-corrected chi connectivity index (χ1v) is 7.43. The monoisotopic (exact) mass is 330 g/mol. The molecule has 1 fully saturated rings. The average Bonchev–Trinajstić information content (AvgIpc) is 2.50. The molecule has 0 spiro atoms. The van der Waals surface area contributed by atoms with Gasteiger partial charge in [-0.15, -0.1) is 0 Å². The molecule has 1 aliphatic heterocycles. The van der Waals surface area contributed by atoms with E-state index < -0.39 is 11.8 Å². The fourth-order valence-corrected chi connectivity index (χ4v) is 2.60. The van der Waals surface area contributed by atoms with Crippen LogP contribution < -0.4 is 5.32 Å². The van der Waals surface area contributed by atoms with Crippen molar-refractivity contribution in [3.05, 3.63) is 28.2 Å². The topological polar surface area (TPSA) is 69.6 Å². The van der Waals surface area contributed by atoms with E-state index in [4.69, 9.17) is 28.3 Å². The molecule has 7 heteroatoms. The number of carbonyl (C=O) groups excluding carboxylic acids is 2. The summed E-state index contributed by atoms with van der Waals surface area (Å²) in [7, 11) is 0. The van der Waals surface area contributed by atoms with E-state index in [2.05, 4.69) is 5.32 Å². The molecule has 1 saturated heterocycles. The number of nitrogens with one attached hydrogen (secondary N) is 1. The number of aliphatic hydroxyl groups is 1. The van der Waals surface area contributed by atoms with Crippen LogP contribution in [0.4, 0.5) is 5.69 Å². The van der Waals surface area contributed by atoms with Crippen LogP contribution in [0.15, 0.2) is 18.2 Å². The molecule has 0 bridgehead atoms. The Morgan fingerprint density at radius 1 is 1.33 bits per heavy atom. The van der Waals surface area contributed by atoms with Gasteiger partial charge < -0.3 is 15.3 Å². The Morgan fingerprint density at radius 2 is 2.10 bits per heavy atom. The van der Waals surface area contributed by atoms with Gasteiger partial charge in [0.1, 0.15) is 0 Å². The second-order valence-corrected chi connectivity index (χ2v) is 5.84. The minimum absolute atomic E-state index is 0.0260. The second-order valence-electron chi connectivity index (χ2n) is 5.03. The Morgan fingerprint density at radius 3 is 2.76 bits per heavy atom. The van der Waals surface area contributed by atoms with Crippen molar-refractivity contribution in [2.45, 2.75) is 12.8 Å². The molecule has 0 aliphatic carbocycles. The molecular formula is C14H16Cl2N2O3. The highest BCUT2D eigenvalue weighted by molar-refractivity contribution is 6.42.